The maximum absolute atomic E-state index is 13.1. The van der Waals surface area contributed by atoms with E-state index in [1.807, 2.05) is 0 Å². The molecule has 2 heterocycles. The number of hydrogen-bond acceptors (Lipinski definition) is 4. The fourth-order valence-corrected chi connectivity index (χ4v) is 2.06. The summed E-state index contributed by atoms with van der Waals surface area (Å²) >= 11 is 5.75. The molecule has 0 saturated carbocycles. The Balaban J connectivity index is 2.17. The number of hydrogen-bond donors (Lipinski definition) is 0. The van der Waals surface area contributed by atoms with Gasteiger partial charge < -0.3 is 4.42 Å². The summed E-state index contributed by atoms with van der Waals surface area (Å²) in [7, 11) is 0. The largest absolute Gasteiger partial charge is 0.454 e. The van der Waals surface area contributed by atoms with Crippen molar-refractivity contribution in [3.05, 3.63) is 57.5 Å². The topological polar surface area (TPSA) is 69.2 Å². The quantitative estimate of drug-likeness (QED) is 0.403. The Morgan fingerprint density at radius 3 is 2.80 bits per heavy atom. The third kappa shape index (κ3) is 2.21. The second-order valence-electron chi connectivity index (χ2n) is 4.08. The lowest BCUT2D eigenvalue weighted by Gasteiger charge is -1.97. The Hall–Kier alpha value is -2.47. The van der Waals surface area contributed by atoms with Crippen LogP contribution in [0.25, 0.3) is 22.4 Å². The van der Waals surface area contributed by atoms with Crippen LogP contribution in [-0.4, -0.2) is 9.91 Å². The van der Waals surface area contributed by atoms with Gasteiger partial charge >= 0.3 is 0 Å². The van der Waals surface area contributed by atoms with Gasteiger partial charge in [-0.3, -0.25) is 10.1 Å². The van der Waals surface area contributed by atoms with Crippen molar-refractivity contribution in [2.24, 2.45) is 0 Å². The summed E-state index contributed by atoms with van der Waals surface area (Å²) in [5.74, 6) is -0.105. The fraction of sp³-hybridized carbons (Fsp3) is 0. The van der Waals surface area contributed by atoms with Crippen LogP contribution in [0.3, 0.4) is 0 Å². The molecule has 7 heteroatoms. The Labute approximate surface area is 116 Å². The number of rotatable bonds is 2. The van der Waals surface area contributed by atoms with Gasteiger partial charge in [-0.05, 0) is 24.3 Å². The average Bonchev–Trinajstić information content (AvgIpc) is 2.80. The summed E-state index contributed by atoms with van der Waals surface area (Å²) in [5.41, 5.74) is 0.498. The van der Waals surface area contributed by atoms with Crippen LogP contribution in [0, 0.1) is 15.9 Å². The molecule has 1 aromatic carbocycles. The third-order valence-corrected chi connectivity index (χ3v) is 2.91. The van der Waals surface area contributed by atoms with E-state index < -0.39 is 10.7 Å². The second-order valence-corrected chi connectivity index (χ2v) is 4.47. The van der Waals surface area contributed by atoms with Crippen molar-refractivity contribution in [2.45, 2.75) is 0 Å². The molecule has 0 aliphatic rings. The predicted molar refractivity (Wildman–Crippen MR) is 71.1 cm³/mol. The third-order valence-electron chi connectivity index (χ3n) is 2.72. The van der Waals surface area contributed by atoms with E-state index in [1.54, 1.807) is 6.07 Å². The van der Waals surface area contributed by atoms with E-state index in [-0.39, 0.29) is 22.3 Å². The first-order chi connectivity index (χ1) is 9.52. The van der Waals surface area contributed by atoms with E-state index >= 15 is 0 Å². The maximum atomic E-state index is 13.1. The van der Waals surface area contributed by atoms with Crippen LogP contribution in [0.15, 0.2) is 40.8 Å². The lowest BCUT2D eigenvalue weighted by Crippen LogP contribution is -1.91. The monoisotopic (exact) mass is 292 g/mol. The van der Waals surface area contributed by atoms with Gasteiger partial charge in [-0.15, -0.1) is 0 Å². The zero-order chi connectivity index (χ0) is 14.3. The molecular formula is C13H6ClFN2O3. The number of furan rings is 1. The van der Waals surface area contributed by atoms with Crippen molar-refractivity contribution < 1.29 is 13.7 Å². The molecule has 0 N–H and O–H groups in total. The van der Waals surface area contributed by atoms with Crippen LogP contribution in [0.4, 0.5) is 10.1 Å². The Morgan fingerprint density at radius 1 is 1.25 bits per heavy atom. The molecular weight excluding hydrogens is 287 g/mol. The molecule has 0 spiro atoms. The van der Waals surface area contributed by atoms with E-state index in [9.17, 15) is 14.5 Å². The molecule has 0 amide bonds. The molecule has 5 nitrogen and oxygen atoms in total. The van der Waals surface area contributed by atoms with Gasteiger partial charge in [0.05, 0.1) is 11.0 Å². The first-order valence-corrected chi connectivity index (χ1v) is 5.92. The van der Waals surface area contributed by atoms with Crippen LogP contribution in [-0.2, 0) is 0 Å². The number of pyridine rings is 1. The van der Waals surface area contributed by atoms with Crippen LogP contribution >= 0.6 is 11.6 Å². The summed E-state index contributed by atoms with van der Waals surface area (Å²) < 4.78 is 18.6. The highest BCUT2D eigenvalue weighted by molar-refractivity contribution is 6.29. The maximum Gasteiger partial charge on any atom is 0.274 e. The number of halogens is 2. The Morgan fingerprint density at radius 2 is 2.05 bits per heavy atom. The first kappa shape index (κ1) is 12.6. The Kier molecular flexibility index (Phi) is 2.87. The highest BCUT2D eigenvalue weighted by Crippen LogP contribution is 2.30. The van der Waals surface area contributed by atoms with Crippen LogP contribution in [0.1, 0.15) is 0 Å². The summed E-state index contributed by atoms with van der Waals surface area (Å²) in [5, 5.41) is 11.3. The van der Waals surface area contributed by atoms with Gasteiger partial charge in [0.25, 0.3) is 5.69 Å². The van der Waals surface area contributed by atoms with E-state index in [0.717, 1.165) is 6.07 Å². The minimum Gasteiger partial charge on any atom is -0.454 e. The van der Waals surface area contributed by atoms with Crippen LogP contribution in [0.5, 0.6) is 0 Å². The smallest absolute Gasteiger partial charge is 0.274 e. The minimum absolute atomic E-state index is 0.0131. The van der Waals surface area contributed by atoms with Crippen molar-refractivity contribution in [1.82, 2.24) is 4.98 Å². The van der Waals surface area contributed by atoms with Crippen molar-refractivity contribution >= 4 is 28.3 Å². The summed E-state index contributed by atoms with van der Waals surface area (Å²) in [4.78, 5) is 14.2. The van der Waals surface area contributed by atoms with Crippen molar-refractivity contribution in [2.75, 3.05) is 0 Å². The molecule has 0 radical (unpaired) electrons. The SMILES string of the molecule is O=[N+]([O-])c1cc(Cl)nc(-c2cc3cc(F)ccc3o2)c1. The normalized spacial score (nSPS) is 10.9. The number of fused-ring (bicyclic) bond motifs is 1. The molecule has 0 fully saturated rings. The molecule has 0 atom stereocenters. The fourth-order valence-electron chi connectivity index (χ4n) is 1.86. The zero-order valence-corrected chi connectivity index (χ0v) is 10.6. The summed E-state index contributed by atoms with van der Waals surface area (Å²) in [6, 6.07) is 8.01. The second kappa shape index (κ2) is 4.57. The van der Waals surface area contributed by atoms with Crippen LogP contribution < -0.4 is 0 Å². The highest BCUT2D eigenvalue weighted by atomic mass is 35.5. The standard InChI is InChI=1S/C13H6ClFN2O3/c14-13-6-9(17(18)19)5-10(16-13)12-4-7-3-8(15)1-2-11(7)20-12/h1-6H. The van der Waals surface area contributed by atoms with Crippen LogP contribution in [0.2, 0.25) is 5.15 Å². The number of nitrogens with zero attached hydrogens (tertiary/aromatic N) is 2. The first-order valence-electron chi connectivity index (χ1n) is 5.54. The highest BCUT2D eigenvalue weighted by Gasteiger charge is 2.15. The number of aromatic nitrogens is 1. The summed E-state index contributed by atoms with van der Waals surface area (Å²) in [6.45, 7) is 0. The van der Waals surface area contributed by atoms with Gasteiger partial charge in [-0.25, -0.2) is 9.37 Å². The molecule has 0 aliphatic heterocycles. The molecule has 100 valence electrons. The lowest BCUT2D eigenvalue weighted by atomic mass is 10.2. The summed E-state index contributed by atoms with van der Waals surface area (Å²) in [6.07, 6.45) is 0. The van der Waals surface area contributed by atoms with Gasteiger partial charge in [-0.2, -0.15) is 0 Å². The van der Waals surface area contributed by atoms with E-state index in [2.05, 4.69) is 4.98 Å². The van der Waals surface area contributed by atoms with Gasteiger partial charge in [-0.1, -0.05) is 11.6 Å². The predicted octanol–water partition coefficient (Wildman–Crippen LogP) is 4.20. The molecule has 0 bridgehead atoms. The molecule has 2 aromatic heterocycles. The average molecular weight is 293 g/mol. The number of benzene rings is 1. The molecule has 0 saturated heterocycles. The van der Waals surface area contributed by atoms with Gasteiger partial charge in [0.15, 0.2) is 5.76 Å². The van der Waals surface area contributed by atoms with Gasteiger partial charge in [0.2, 0.25) is 0 Å². The van der Waals surface area contributed by atoms with Gasteiger partial charge in [0.1, 0.15) is 22.2 Å². The molecule has 3 aromatic rings. The molecule has 3 rings (SSSR count). The Bertz CT molecular complexity index is 832. The van der Waals surface area contributed by atoms with E-state index in [1.165, 1.54) is 24.3 Å². The molecule has 20 heavy (non-hydrogen) atoms. The van der Waals surface area contributed by atoms with Gasteiger partial charge in [0, 0.05) is 11.5 Å². The van der Waals surface area contributed by atoms with Crippen molar-refractivity contribution in [3.8, 4) is 11.5 Å². The molecule has 0 aliphatic carbocycles. The van der Waals surface area contributed by atoms with Crippen molar-refractivity contribution in [1.29, 1.82) is 0 Å². The lowest BCUT2D eigenvalue weighted by molar-refractivity contribution is -0.384. The van der Waals surface area contributed by atoms with E-state index in [4.69, 9.17) is 16.0 Å². The molecule has 0 unspecified atom stereocenters. The zero-order valence-electron chi connectivity index (χ0n) is 9.84. The van der Waals surface area contributed by atoms with Crippen molar-refractivity contribution in [3.63, 3.8) is 0 Å². The number of nitro groups is 1. The minimum atomic E-state index is -0.570. The van der Waals surface area contributed by atoms with E-state index in [0.29, 0.717) is 11.0 Å².